The molecule has 0 radical (unpaired) electrons. The van der Waals surface area contributed by atoms with Crippen LogP contribution in [0, 0.1) is 0 Å². The second-order valence-electron chi connectivity index (χ2n) is 3.68. The third-order valence-electron chi connectivity index (χ3n) is 2.28. The van der Waals surface area contributed by atoms with Crippen LogP contribution in [0.4, 0.5) is 10.9 Å². The largest absolute Gasteiger partial charge is 0.465 e. The highest BCUT2D eigenvalue weighted by atomic mass is 32.1. The van der Waals surface area contributed by atoms with Crippen LogP contribution in [-0.4, -0.2) is 31.2 Å². The molecule has 0 fully saturated rings. The molecule has 0 spiro atoms. The first-order chi connectivity index (χ1) is 8.13. The van der Waals surface area contributed by atoms with Crippen LogP contribution in [0.2, 0.25) is 0 Å². The van der Waals surface area contributed by atoms with Crippen LogP contribution in [0.5, 0.6) is 0 Å². The van der Waals surface area contributed by atoms with Crippen molar-refractivity contribution in [2.24, 2.45) is 0 Å². The summed E-state index contributed by atoms with van der Waals surface area (Å²) in [5, 5.41) is 0.401. The van der Waals surface area contributed by atoms with Crippen molar-refractivity contribution in [3.63, 3.8) is 0 Å². The second-order valence-corrected chi connectivity index (χ2v) is 4.71. The number of ether oxygens (including phenoxy) is 1. The van der Waals surface area contributed by atoms with Crippen molar-refractivity contribution in [2.75, 3.05) is 30.8 Å². The number of esters is 1. The van der Waals surface area contributed by atoms with E-state index in [1.54, 1.807) is 0 Å². The molecule has 17 heavy (non-hydrogen) atoms. The molecule has 0 bridgehead atoms. The summed E-state index contributed by atoms with van der Waals surface area (Å²) in [5.74, 6) is 0.287. The first-order valence-corrected chi connectivity index (χ1v) is 6.55. The van der Waals surface area contributed by atoms with Gasteiger partial charge in [0.1, 0.15) is 0 Å². The molecule has 2 N–H and O–H groups in total. The van der Waals surface area contributed by atoms with E-state index in [4.69, 9.17) is 10.5 Å². The van der Waals surface area contributed by atoms with Gasteiger partial charge in [-0.15, -0.1) is 0 Å². The minimum atomic E-state index is -0.369. The molecular formula is C11H19N3O2S. The summed E-state index contributed by atoms with van der Waals surface area (Å²) < 4.78 is 4.75. The monoisotopic (exact) mass is 257 g/mol. The first kappa shape index (κ1) is 13.8. The molecule has 1 aromatic rings. The number of methoxy groups -OCH3 is 1. The van der Waals surface area contributed by atoms with Crippen LogP contribution < -0.4 is 10.6 Å². The van der Waals surface area contributed by atoms with E-state index in [9.17, 15) is 4.79 Å². The fourth-order valence-electron chi connectivity index (χ4n) is 1.63. The molecular weight excluding hydrogens is 238 g/mol. The van der Waals surface area contributed by atoms with Crippen LogP contribution in [0.25, 0.3) is 0 Å². The van der Waals surface area contributed by atoms with Gasteiger partial charge in [0, 0.05) is 13.1 Å². The predicted octanol–water partition coefficient (Wildman–Crippen LogP) is 2.14. The first-order valence-electron chi connectivity index (χ1n) is 5.73. The summed E-state index contributed by atoms with van der Waals surface area (Å²) in [5.41, 5.74) is 5.67. The summed E-state index contributed by atoms with van der Waals surface area (Å²) in [6.07, 6.45) is 2.00. The Morgan fingerprint density at radius 3 is 2.47 bits per heavy atom. The minimum Gasteiger partial charge on any atom is -0.465 e. The summed E-state index contributed by atoms with van der Waals surface area (Å²) >= 11 is 1.18. The van der Waals surface area contributed by atoms with E-state index >= 15 is 0 Å². The van der Waals surface area contributed by atoms with Gasteiger partial charge in [-0.1, -0.05) is 25.2 Å². The number of rotatable bonds is 6. The maximum absolute atomic E-state index is 11.6. The lowest BCUT2D eigenvalue weighted by Crippen LogP contribution is -2.26. The SMILES string of the molecule is CCCN(CCC)c1nc(N)sc1C(=O)OC. The number of nitrogens with two attached hydrogens (primary N) is 1. The van der Waals surface area contributed by atoms with Gasteiger partial charge in [0.25, 0.3) is 0 Å². The molecule has 0 aromatic carbocycles. The molecule has 96 valence electrons. The number of hydrogen-bond acceptors (Lipinski definition) is 6. The Morgan fingerprint density at radius 2 is 2.00 bits per heavy atom. The van der Waals surface area contributed by atoms with Crippen LogP contribution in [0.15, 0.2) is 0 Å². The summed E-state index contributed by atoms with van der Waals surface area (Å²) in [6, 6.07) is 0. The Labute approximate surface area is 106 Å². The van der Waals surface area contributed by atoms with Crippen molar-refractivity contribution in [3.05, 3.63) is 4.88 Å². The van der Waals surface area contributed by atoms with E-state index in [2.05, 4.69) is 23.7 Å². The molecule has 0 aliphatic rings. The highest BCUT2D eigenvalue weighted by Gasteiger charge is 2.21. The van der Waals surface area contributed by atoms with E-state index in [1.165, 1.54) is 18.4 Å². The van der Waals surface area contributed by atoms with Crippen LogP contribution in [-0.2, 0) is 4.74 Å². The van der Waals surface area contributed by atoms with Crippen LogP contribution in [0.3, 0.4) is 0 Å². The van der Waals surface area contributed by atoms with Gasteiger partial charge < -0.3 is 15.4 Å². The van der Waals surface area contributed by atoms with Crippen molar-refractivity contribution in [3.8, 4) is 0 Å². The third-order valence-corrected chi connectivity index (χ3v) is 3.14. The number of aromatic nitrogens is 1. The molecule has 6 heteroatoms. The molecule has 1 heterocycles. The highest BCUT2D eigenvalue weighted by Crippen LogP contribution is 2.29. The number of anilines is 2. The van der Waals surface area contributed by atoms with E-state index in [0.717, 1.165) is 25.9 Å². The smallest absolute Gasteiger partial charge is 0.352 e. The van der Waals surface area contributed by atoms with Crippen molar-refractivity contribution in [1.82, 2.24) is 4.98 Å². The second kappa shape index (κ2) is 6.44. The number of nitrogen functional groups attached to an aromatic ring is 1. The van der Waals surface area contributed by atoms with E-state index in [-0.39, 0.29) is 5.97 Å². The molecule has 5 nitrogen and oxygen atoms in total. The molecule has 1 rings (SSSR count). The van der Waals surface area contributed by atoms with Gasteiger partial charge in [-0.05, 0) is 12.8 Å². The van der Waals surface area contributed by atoms with Gasteiger partial charge in [0.05, 0.1) is 7.11 Å². The topological polar surface area (TPSA) is 68.5 Å². The molecule has 0 unspecified atom stereocenters. The van der Waals surface area contributed by atoms with Gasteiger partial charge in [-0.2, -0.15) is 0 Å². The molecule has 0 saturated heterocycles. The predicted molar refractivity (Wildman–Crippen MR) is 70.7 cm³/mol. The molecule has 0 aliphatic heterocycles. The zero-order chi connectivity index (χ0) is 12.8. The van der Waals surface area contributed by atoms with Gasteiger partial charge in [-0.25, -0.2) is 9.78 Å². The number of carbonyl (C=O) groups excluding carboxylic acids is 1. The van der Waals surface area contributed by atoms with Gasteiger partial charge >= 0.3 is 5.97 Å². The average Bonchev–Trinajstić information content (AvgIpc) is 2.70. The highest BCUT2D eigenvalue weighted by molar-refractivity contribution is 7.17. The summed E-state index contributed by atoms with van der Waals surface area (Å²) in [6.45, 7) is 5.91. The Balaban J connectivity index is 3.03. The molecule has 1 aromatic heterocycles. The Hall–Kier alpha value is -1.30. The Morgan fingerprint density at radius 1 is 1.41 bits per heavy atom. The minimum absolute atomic E-state index is 0.369. The Kier molecular flexibility index (Phi) is 5.21. The zero-order valence-corrected chi connectivity index (χ0v) is 11.3. The molecule has 0 saturated carbocycles. The van der Waals surface area contributed by atoms with Crippen molar-refractivity contribution < 1.29 is 9.53 Å². The molecule has 0 atom stereocenters. The Bertz CT molecular complexity index is 373. The standard InChI is InChI=1S/C11H19N3O2S/c1-4-6-14(7-5-2)9-8(10(15)16-3)17-11(12)13-9/h4-7H2,1-3H3,(H2,12,13). The lowest BCUT2D eigenvalue weighted by Gasteiger charge is -2.21. The summed E-state index contributed by atoms with van der Waals surface area (Å²) in [4.78, 5) is 18.4. The molecule has 0 aliphatic carbocycles. The fraction of sp³-hybridized carbons (Fsp3) is 0.636. The zero-order valence-electron chi connectivity index (χ0n) is 10.5. The van der Waals surface area contributed by atoms with Crippen molar-refractivity contribution in [1.29, 1.82) is 0 Å². The maximum Gasteiger partial charge on any atom is 0.352 e. The summed E-state index contributed by atoms with van der Waals surface area (Å²) in [7, 11) is 1.37. The lowest BCUT2D eigenvalue weighted by atomic mass is 10.3. The van der Waals surface area contributed by atoms with Crippen molar-refractivity contribution in [2.45, 2.75) is 26.7 Å². The van der Waals surface area contributed by atoms with Crippen molar-refractivity contribution >= 4 is 28.3 Å². The fourth-order valence-corrected chi connectivity index (χ4v) is 2.41. The van der Waals surface area contributed by atoms with E-state index in [1.807, 2.05) is 0 Å². The molecule has 0 amide bonds. The third kappa shape index (κ3) is 3.33. The average molecular weight is 257 g/mol. The number of nitrogens with zero attached hydrogens (tertiary/aromatic N) is 2. The number of hydrogen-bond donors (Lipinski definition) is 1. The quantitative estimate of drug-likeness (QED) is 0.791. The normalized spacial score (nSPS) is 10.3. The van der Waals surface area contributed by atoms with Gasteiger partial charge in [-0.3, -0.25) is 0 Å². The van der Waals surface area contributed by atoms with E-state index < -0.39 is 0 Å². The van der Waals surface area contributed by atoms with Crippen LogP contribution >= 0.6 is 11.3 Å². The number of thiazole rings is 1. The van der Waals surface area contributed by atoms with Gasteiger partial charge in [0.2, 0.25) is 0 Å². The number of carbonyl (C=O) groups is 1. The lowest BCUT2D eigenvalue weighted by molar-refractivity contribution is 0.0606. The van der Waals surface area contributed by atoms with E-state index in [0.29, 0.717) is 15.8 Å². The van der Waals surface area contributed by atoms with Gasteiger partial charge in [0.15, 0.2) is 15.8 Å². The maximum atomic E-state index is 11.6. The van der Waals surface area contributed by atoms with Crippen LogP contribution in [0.1, 0.15) is 36.4 Å².